The standard InChI is InChI=1S/C26H22ClF3N4O3S/c1-16(37-22-11-7-6-10-21(22)36-2)24-32-33-25(34(24)18-8-4-3-5-9-18)38-15-23(35)31-20-14-17(26(28,29)30)12-13-19(20)27/h3-14,16H,15H2,1-2H3,(H,31,35). The molecule has 1 amide bonds. The van der Waals surface area contributed by atoms with Gasteiger partial charge in [0.1, 0.15) is 0 Å². The highest BCUT2D eigenvalue weighted by atomic mass is 35.5. The number of nitrogens with one attached hydrogen (secondary N) is 1. The second-order valence-electron chi connectivity index (χ2n) is 7.95. The Balaban J connectivity index is 1.55. The van der Waals surface area contributed by atoms with Crippen LogP contribution in [-0.2, 0) is 11.0 Å². The van der Waals surface area contributed by atoms with Crippen LogP contribution in [-0.4, -0.2) is 33.5 Å². The molecule has 0 radical (unpaired) electrons. The smallest absolute Gasteiger partial charge is 0.416 e. The maximum absolute atomic E-state index is 13.1. The highest BCUT2D eigenvalue weighted by Crippen LogP contribution is 2.35. The SMILES string of the molecule is COc1ccccc1OC(C)c1nnc(SCC(=O)Nc2cc(C(F)(F)F)ccc2Cl)n1-c1ccccc1. The Hall–Kier alpha value is -3.70. The van der Waals surface area contributed by atoms with E-state index in [2.05, 4.69) is 15.5 Å². The molecule has 1 heterocycles. The number of nitrogens with zero attached hydrogens (tertiary/aromatic N) is 3. The molecule has 0 aliphatic carbocycles. The number of aromatic nitrogens is 3. The number of ether oxygens (including phenoxy) is 2. The molecule has 0 saturated carbocycles. The lowest BCUT2D eigenvalue weighted by molar-refractivity contribution is -0.137. The summed E-state index contributed by atoms with van der Waals surface area (Å²) in [5, 5.41) is 11.4. The lowest BCUT2D eigenvalue weighted by Gasteiger charge is -2.18. The molecule has 0 aliphatic rings. The van der Waals surface area contributed by atoms with Crippen LogP contribution < -0.4 is 14.8 Å². The number of carbonyl (C=O) groups is 1. The first-order chi connectivity index (χ1) is 18.2. The van der Waals surface area contributed by atoms with Crippen molar-refractivity contribution in [1.82, 2.24) is 14.8 Å². The van der Waals surface area contributed by atoms with Crippen molar-refractivity contribution in [3.8, 4) is 17.2 Å². The van der Waals surface area contributed by atoms with Gasteiger partial charge in [-0.05, 0) is 49.4 Å². The molecule has 12 heteroatoms. The van der Waals surface area contributed by atoms with Gasteiger partial charge >= 0.3 is 6.18 Å². The van der Waals surface area contributed by atoms with Gasteiger partial charge in [0.15, 0.2) is 28.6 Å². The summed E-state index contributed by atoms with van der Waals surface area (Å²) in [7, 11) is 1.55. The first kappa shape index (κ1) is 27.3. The van der Waals surface area contributed by atoms with Crippen LogP contribution in [0.3, 0.4) is 0 Å². The van der Waals surface area contributed by atoms with Crippen LogP contribution in [0.2, 0.25) is 5.02 Å². The van der Waals surface area contributed by atoms with Crippen molar-refractivity contribution in [2.24, 2.45) is 0 Å². The lowest BCUT2D eigenvalue weighted by atomic mass is 10.2. The summed E-state index contributed by atoms with van der Waals surface area (Å²) in [6.45, 7) is 1.81. The van der Waals surface area contributed by atoms with Gasteiger partial charge in [-0.3, -0.25) is 9.36 Å². The molecule has 38 heavy (non-hydrogen) atoms. The number of halogens is 4. The van der Waals surface area contributed by atoms with E-state index >= 15 is 0 Å². The van der Waals surface area contributed by atoms with Crippen LogP contribution in [0.5, 0.6) is 11.5 Å². The molecule has 0 spiro atoms. The molecule has 1 unspecified atom stereocenters. The predicted octanol–water partition coefficient (Wildman–Crippen LogP) is 6.82. The summed E-state index contributed by atoms with van der Waals surface area (Å²) in [4.78, 5) is 12.6. The Bertz CT molecular complexity index is 1420. The van der Waals surface area contributed by atoms with E-state index in [4.69, 9.17) is 21.1 Å². The topological polar surface area (TPSA) is 78.3 Å². The second kappa shape index (κ2) is 11.8. The minimum atomic E-state index is -4.57. The zero-order valence-corrected chi connectivity index (χ0v) is 21.8. The van der Waals surface area contributed by atoms with E-state index in [-0.39, 0.29) is 16.5 Å². The molecule has 3 aromatic carbocycles. The molecule has 0 saturated heterocycles. The third-order valence-corrected chi connectivity index (χ3v) is 6.57. The van der Waals surface area contributed by atoms with Gasteiger partial charge in [-0.2, -0.15) is 13.2 Å². The molecule has 0 bridgehead atoms. The number of methoxy groups -OCH3 is 1. The van der Waals surface area contributed by atoms with E-state index in [9.17, 15) is 18.0 Å². The van der Waals surface area contributed by atoms with Crippen LogP contribution in [0.4, 0.5) is 18.9 Å². The molecule has 0 aliphatic heterocycles. The van der Waals surface area contributed by atoms with Crippen molar-refractivity contribution in [3.63, 3.8) is 0 Å². The van der Waals surface area contributed by atoms with E-state index in [1.165, 1.54) is 0 Å². The van der Waals surface area contributed by atoms with Gasteiger partial charge in [-0.25, -0.2) is 0 Å². The normalized spacial score (nSPS) is 12.2. The van der Waals surface area contributed by atoms with Crippen molar-refractivity contribution in [2.45, 2.75) is 24.4 Å². The van der Waals surface area contributed by atoms with Gasteiger partial charge in [-0.1, -0.05) is 53.7 Å². The molecule has 1 aromatic heterocycles. The minimum absolute atomic E-state index is 0.00611. The Morgan fingerprint density at radius 1 is 1.05 bits per heavy atom. The molecular weight excluding hydrogens is 541 g/mol. The number of hydrogen-bond donors (Lipinski definition) is 1. The number of thioether (sulfide) groups is 1. The number of benzene rings is 3. The third-order valence-electron chi connectivity index (χ3n) is 5.31. The summed E-state index contributed by atoms with van der Waals surface area (Å²) >= 11 is 7.07. The average molecular weight is 563 g/mol. The summed E-state index contributed by atoms with van der Waals surface area (Å²) < 4.78 is 52.4. The zero-order chi connectivity index (χ0) is 27.3. The Kier molecular flexibility index (Phi) is 8.48. The van der Waals surface area contributed by atoms with E-state index < -0.39 is 23.8 Å². The fourth-order valence-electron chi connectivity index (χ4n) is 3.53. The number of rotatable bonds is 9. The van der Waals surface area contributed by atoms with Crippen molar-refractivity contribution in [3.05, 3.63) is 89.2 Å². The van der Waals surface area contributed by atoms with Gasteiger partial charge in [0.05, 0.1) is 29.1 Å². The van der Waals surface area contributed by atoms with Gasteiger partial charge < -0.3 is 14.8 Å². The molecule has 1 N–H and O–H groups in total. The maximum atomic E-state index is 13.1. The van der Waals surface area contributed by atoms with E-state index in [1.54, 1.807) is 23.8 Å². The summed E-state index contributed by atoms with van der Waals surface area (Å²) in [5.74, 6) is 0.852. The highest BCUT2D eigenvalue weighted by molar-refractivity contribution is 7.99. The number of alkyl halides is 3. The van der Waals surface area contributed by atoms with Crippen LogP contribution >= 0.6 is 23.4 Å². The van der Waals surface area contributed by atoms with Crippen LogP contribution in [0.1, 0.15) is 24.4 Å². The quantitative estimate of drug-likeness (QED) is 0.226. The molecule has 7 nitrogen and oxygen atoms in total. The molecular formula is C26H22ClF3N4O3S. The van der Waals surface area contributed by atoms with Crippen molar-refractivity contribution in [1.29, 1.82) is 0 Å². The average Bonchev–Trinajstić information content (AvgIpc) is 3.33. The largest absolute Gasteiger partial charge is 0.493 e. The molecule has 4 rings (SSSR count). The molecule has 0 fully saturated rings. The fourth-order valence-corrected chi connectivity index (χ4v) is 4.45. The predicted molar refractivity (Wildman–Crippen MR) is 139 cm³/mol. The summed E-state index contributed by atoms with van der Waals surface area (Å²) in [6, 6.07) is 19.2. The monoisotopic (exact) mass is 562 g/mol. The van der Waals surface area contributed by atoms with Crippen molar-refractivity contribution < 1.29 is 27.4 Å². The first-order valence-corrected chi connectivity index (χ1v) is 12.6. The van der Waals surface area contributed by atoms with Crippen LogP contribution in [0.15, 0.2) is 78.0 Å². The Morgan fingerprint density at radius 2 is 1.74 bits per heavy atom. The summed E-state index contributed by atoms with van der Waals surface area (Å²) in [6.07, 6.45) is -5.12. The molecule has 4 aromatic rings. The van der Waals surface area contributed by atoms with E-state index in [0.717, 1.165) is 35.6 Å². The van der Waals surface area contributed by atoms with Gasteiger partial charge in [0.25, 0.3) is 0 Å². The third kappa shape index (κ3) is 6.40. The highest BCUT2D eigenvalue weighted by Gasteiger charge is 2.31. The lowest BCUT2D eigenvalue weighted by Crippen LogP contribution is -2.16. The van der Waals surface area contributed by atoms with Gasteiger partial charge in [-0.15, -0.1) is 10.2 Å². The Labute approximate surface area is 225 Å². The number of hydrogen-bond acceptors (Lipinski definition) is 6. The summed E-state index contributed by atoms with van der Waals surface area (Å²) in [5.41, 5.74) is -0.301. The zero-order valence-electron chi connectivity index (χ0n) is 20.2. The van der Waals surface area contributed by atoms with E-state index in [1.807, 2.05) is 49.4 Å². The van der Waals surface area contributed by atoms with Crippen LogP contribution in [0, 0.1) is 0 Å². The number of carbonyl (C=O) groups excluding carboxylic acids is 1. The van der Waals surface area contributed by atoms with Crippen LogP contribution in [0.25, 0.3) is 5.69 Å². The maximum Gasteiger partial charge on any atom is 0.416 e. The fraction of sp³-hybridized carbons (Fsp3) is 0.192. The van der Waals surface area contributed by atoms with Crippen molar-refractivity contribution >= 4 is 35.0 Å². The number of amides is 1. The van der Waals surface area contributed by atoms with Gasteiger partial charge in [0.2, 0.25) is 5.91 Å². The number of anilines is 1. The first-order valence-electron chi connectivity index (χ1n) is 11.3. The van der Waals surface area contributed by atoms with Crippen molar-refractivity contribution in [2.75, 3.05) is 18.2 Å². The molecule has 198 valence electrons. The minimum Gasteiger partial charge on any atom is -0.493 e. The number of para-hydroxylation sites is 3. The Morgan fingerprint density at radius 3 is 2.42 bits per heavy atom. The van der Waals surface area contributed by atoms with E-state index in [0.29, 0.717) is 22.5 Å². The second-order valence-corrected chi connectivity index (χ2v) is 9.30. The molecule has 1 atom stereocenters. The van der Waals surface area contributed by atoms with Gasteiger partial charge in [0, 0.05) is 5.69 Å².